The molecular weight excluding hydrogens is 416 g/mol. The lowest BCUT2D eigenvalue weighted by Crippen LogP contribution is -2.45. The van der Waals surface area contributed by atoms with Gasteiger partial charge in [0.2, 0.25) is 15.9 Å². The number of rotatable bonds is 5. The molecule has 0 aliphatic carbocycles. The van der Waals surface area contributed by atoms with Gasteiger partial charge in [0.1, 0.15) is 6.04 Å². The quantitative estimate of drug-likeness (QED) is 0.761. The first-order valence-electron chi connectivity index (χ1n) is 8.14. The number of carbonyl (C=O) groups excluding carboxylic acids is 1. The summed E-state index contributed by atoms with van der Waals surface area (Å²) in [5.74, 6) is -0.393. The molecule has 2 aromatic carbocycles. The first-order valence-corrected chi connectivity index (χ1v) is 10.8. The summed E-state index contributed by atoms with van der Waals surface area (Å²) < 4.78 is 26.8. The van der Waals surface area contributed by atoms with Gasteiger partial charge >= 0.3 is 0 Å². The van der Waals surface area contributed by atoms with Crippen LogP contribution >= 0.6 is 15.9 Å². The van der Waals surface area contributed by atoms with Crippen molar-refractivity contribution >= 4 is 43.2 Å². The Morgan fingerprint density at radius 2 is 1.69 bits per heavy atom. The summed E-state index contributed by atoms with van der Waals surface area (Å²) in [5, 5.41) is 2.79. The summed E-state index contributed by atoms with van der Waals surface area (Å²) in [4.78, 5) is 12.7. The maximum Gasteiger partial charge on any atom is 0.247 e. The van der Waals surface area contributed by atoms with E-state index in [1.54, 1.807) is 25.1 Å². The van der Waals surface area contributed by atoms with E-state index in [1.807, 2.05) is 39.0 Å². The van der Waals surface area contributed by atoms with E-state index >= 15 is 0 Å². The number of nitrogens with one attached hydrogen (secondary N) is 1. The van der Waals surface area contributed by atoms with E-state index in [9.17, 15) is 13.2 Å². The van der Waals surface area contributed by atoms with Crippen LogP contribution in [-0.2, 0) is 14.8 Å². The van der Waals surface area contributed by atoms with Gasteiger partial charge in [-0.25, -0.2) is 8.42 Å². The van der Waals surface area contributed by atoms with Gasteiger partial charge in [-0.2, -0.15) is 0 Å². The summed E-state index contributed by atoms with van der Waals surface area (Å²) in [6, 6.07) is 9.90. The van der Waals surface area contributed by atoms with Gasteiger partial charge in [0, 0.05) is 10.2 Å². The van der Waals surface area contributed by atoms with Crippen LogP contribution in [0.3, 0.4) is 0 Å². The number of anilines is 2. The third-order valence-corrected chi connectivity index (χ3v) is 6.39. The molecule has 0 saturated heterocycles. The van der Waals surface area contributed by atoms with Crippen LogP contribution in [0.4, 0.5) is 11.4 Å². The maximum absolute atomic E-state index is 12.7. The molecule has 2 aromatic rings. The van der Waals surface area contributed by atoms with E-state index in [0.29, 0.717) is 11.4 Å². The van der Waals surface area contributed by atoms with Crippen molar-refractivity contribution in [2.75, 3.05) is 15.9 Å². The number of carbonyl (C=O) groups is 1. The molecule has 0 radical (unpaired) electrons. The lowest BCUT2D eigenvalue weighted by Gasteiger charge is -2.28. The molecule has 1 unspecified atom stereocenters. The highest BCUT2D eigenvalue weighted by Gasteiger charge is 2.29. The van der Waals surface area contributed by atoms with Crippen LogP contribution in [0.25, 0.3) is 0 Å². The molecule has 5 nitrogen and oxygen atoms in total. The topological polar surface area (TPSA) is 66.5 Å². The Bertz CT molecular complexity index is 942. The van der Waals surface area contributed by atoms with Crippen molar-refractivity contribution in [2.45, 2.75) is 33.7 Å². The predicted molar refractivity (Wildman–Crippen MR) is 110 cm³/mol. The molecule has 0 spiro atoms. The highest BCUT2D eigenvalue weighted by molar-refractivity contribution is 9.10. The number of sulfonamides is 1. The molecule has 1 N–H and O–H groups in total. The molecule has 1 atom stereocenters. The van der Waals surface area contributed by atoms with E-state index in [-0.39, 0.29) is 0 Å². The minimum absolute atomic E-state index is 0.393. The molecule has 0 saturated carbocycles. The van der Waals surface area contributed by atoms with Gasteiger partial charge in [-0.05, 0) is 74.7 Å². The molecule has 1 amide bonds. The molecule has 0 heterocycles. The number of hydrogen-bond acceptors (Lipinski definition) is 3. The Morgan fingerprint density at radius 3 is 2.23 bits per heavy atom. The van der Waals surface area contributed by atoms with Crippen molar-refractivity contribution in [1.29, 1.82) is 0 Å². The third-order valence-electron chi connectivity index (χ3n) is 4.26. The van der Waals surface area contributed by atoms with Crippen molar-refractivity contribution in [3.8, 4) is 0 Å². The van der Waals surface area contributed by atoms with E-state index < -0.39 is 22.0 Å². The number of aryl methyl sites for hydroxylation is 3. The molecule has 7 heteroatoms. The minimum atomic E-state index is -3.63. The van der Waals surface area contributed by atoms with Crippen LogP contribution in [0.15, 0.2) is 40.9 Å². The van der Waals surface area contributed by atoms with Gasteiger partial charge in [0.15, 0.2) is 0 Å². The van der Waals surface area contributed by atoms with E-state index in [1.165, 1.54) is 0 Å². The lowest BCUT2D eigenvalue weighted by molar-refractivity contribution is -0.116. The fraction of sp³-hybridized carbons (Fsp3) is 0.316. The molecule has 0 aromatic heterocycles. The Kier molecular flexibility index (Phi) is 6.13. The number of hydrogen-bond donors (Lipinski definition) is 1. The van der Waals surface area contributed by atoms with Crippen molar-refractivity contribution in [1.82, 2.24) is 0 Å². The third kappa shape index (κ3) is 4.65. The second-order valence-electron chi connectivity index (χ2n) is 6.46. The monoisotopic (exact) mass is 438 g/mol. The summed E-state index contributed by atoms with van der Waals surface area (Å²) in [7, 11) is -3.63. The van der Waals surface area contributed by atoms with Crippen LogP contribution < -0.4 is 9.62 Å². The summed E-state index contributed by atoms with van der Waals surface area (Å²) in [5.41, 5.74) is 4.10. The van der Waals surface area contributed by atoms with Gasteiger partial charge in [0.25, 0.3) is 0 Å². The Hall–Kier alpha value is -1.86. The van der Waals surface area contributed by atoms with E-state index in [0.717, 1.165) is 31.7 Å². The second kappa shape index (κ2) is 7.80. The first kappa shape index (κ1) is 20.5. The highest BCUT2D eigenvalue weighted by Crippen LogP contribution is 2.25. The fourth-order valence-corrected chi connectivity index (χ4v) is 4.05. The normalized spacial score (nSPS) is 12.5. The van der Waals surface area contributed by atoms with Gasteiger partial charge in [-0.1, -0.05) is 22.0 Å². The zero-order chi connectivity index (χ0) is 19.6. The number of nitrogens with zero attached hydrogens (tertiary/aromatic N) is 1. The first-order chi connectivity index (χ1) is 12.0. The zero-order valence-electron chi connectivity index (χ0n) is 15.5. The molecule has 0 aliphatic heterocycles. The van der Waals surface area contributed by atoms with Crippen LogP contribution in [-0.4, -0.2) is 26.6 Å². The van der Waals surface area contributed by atoms with E-state index in [2.05, 4.69) is 21.2 Å². The number of halogens is 1. The predicted octanol–water partition coefficient (Wildman–Crippen LogP) is 4.17. The van der Waals surface area contributed by atoms with Crippen molar-refractivity contribution < 1.29 is 13.2 Å². The van der Waals surface area contributed by atoms with Crippen LogP contribution in [0.5, 0.6) is 0 Å². The lowest BCUT2D eigenvalue weighted by atomic mass is 10.1. The molecular formula is C19H23BrN2O3S. The molecule has 2 rings (SSSR count). The fourth-order valence-electron chi connectivity index (χ4n) is 2.64. The number of amides is 1. The molecule has 0 fully saturated rings. The maximum atomic E-state index is 12.7. The standard InChI is InChI=1S/C19H23BrN2O3S/c1-12-6-8-17(11-13(12)2)22(26(5,24)25)15(4)19(23)21-16-7-9-18(20)14(3)10-16/h6-11,15H,1-5H3,(H,21,23). The van der Waals surface area contributed by atoms with Crippen molar-refractivity contribution in [3.63, 3.8) is 0 Å². The SMILES string of the molecule is Cc1ccc(N(C(C)C(=O)Nc2ccc(Br)c(C)c2)S(C)(=O)=O)cc1C. The highest BCUT2D eigenvalue weighted by atomic mass is 79.9. The number of benzene rings is 2. The van der Waals surface area contributed by atoms with Crippen molar-refractivity contribution in [2.24, 2.45) is 0 Å². The Labute approximate surface area is 163 Å². The zero-order valence-corrected chi connectivity index (χ0v) is 17.9. The van der Waals surface area contributed by atoms with Gasteiger partial charge in [-0.15, -0.1) is 0 Å². The van der Waals surface area contributed by atoms with Crippen LogP contribution in [0, 0.1) is 20.8 Å². The Morgan fingerprint density at radius 1 is 1.04 bits per heavy atom. The molecule has 140 valence electrons. The smallest absolute Gasteiger partial charge is 0.247 e. The average molecular weight is 439 g/mol. The Balaban J connectivity index is 2.34. The summed E-state index contributed by atoms with van der Waals surface area (Å²) in [6.07, 6.45) is 1.11. The molecule has 0 bridgehead atoms. The summed E-state index contributed by atoms with van der Waals surface area (Å²) >= 11 is 3.42. The average Bonchev–Trinajstić information content (AvgIpc) is 2.53. The largest absolute Gasteiger partial charge is 0.324 e. The van der Waals surface area contributed by atoms with Gasteiger partial charge in [0.05, 0.1) is 11.9 Å². The second-order valence-corrected chi connectivity index (χ2v) is 9.17. The van der Waals surface area contributed by atoms with Crippen LogP contribution in [0.2, 0.25) is 0 Å². The van der Waals surface area contributed by atoms with Gasteiger partial charge < -0.3 is 5.32 Å². The van der Waals surface area contributed by atoms with Gasteiger partial charge in [-0.3, -0.25) is 9.10 Å². The van der Waals surface area contributed by atoms with Crippen LogP contribution in [0.1, 0.15) is 23.6 Å². The van der Waals surface area contributed by atoms with E-state index in [4.69, 9.17) is 0 Å². The van der Waals surface area contributed by atoms with Crippen molar-refractivity contribution in [3.05, 3.63) is 57.6 Å². The molecule has 26 heavy (non-hydrogen) atoms. The molecule has 0 aliphatic rings. The summed E-state index contributed by atoms with van der Waals surface area (Å²) in [6.45, 7) is 7.36. The minimum Gasteiger partial charge on any atom is -0.324 e.